The third-order valence-electron chi connectivity index (χ3n) is 7.10. The van der Waals surface area contributed by atoms with Crippen LogP contribution in [0.5, 0.6) is 0 Å². The Hall–Kier alpha value is -3.84. The molecule has 1 saturated heterocycles. The standard InChI is InChI=1S/C26H31N9O3S/c1-15-13-35-14-22(30-24(35)16(2)28-15)31-25(36)19-6-7-21(34-10-8-18(9-11-34)29-17-4-5-17)20-12-27-26(32-23(19)20)33-39(3,37)38/h6-7,12-14,17-18,29H,4-5,8-11H2,1-3H3,(H,31,36)(H,27,32,33). The number of sulfonamides is 1. The second-order valence-corrected chi connectivity index (χ2v) is 12.2. The summed E-state index contributed by atoms with van der Waals surface area (Å²) in [4.78, 5) is 33.4. The van der Waals surface area contributed by atoms with Crippen molar-refractivity contribution in [2.45, 2.75) is 51.6 Å². The Kier molecular flexibility index (Phi) is 6.34. The number of piperidine rings is 1. The van der Waals surface area contributed by atoms with Gasteiger partial charge in [-0.15, -0.1) is 0 Å². The van der Waals surface area contributed by atoms with E-state index in [9.17, 15) is 13.2 Å². The van der Waals surface area contributed by atoms with E-state index in [1.165, 1.54) is 12.8 Å². The van der Waals surface area contributed by atoms with Gasteiger partial charge in [-0.1, -0.05) is 0 Å². The lowest BCUT2D eigenvalue weighted by Crippen LogP contribution is -2.43. The first-order valence-corrected chi connectivity index (χ1v) is 14.9. The molecule has 39 heavy (non-hydrogen) atoms. The summed E-state index contributed by atoms with van der Waals surface area (Å²) >= 11 is 0. The normalized spacial score (nSPS) is 16.6. The Morgan fingerprint density at radius 2 is 1.74 bits per heavy atom. The second-order valence-electron chi connectivity index (χ2n) is 10.4. The van der Waals surface area contributed by atoms with Gasteiger partial charge in [0.25, 0.3) is 5.91 Å². The Bertz CT molecular complexity index is 1690. The molecule has 12 nitrogen and oxygen atoms in total. The van der Waals surface area contributed by atoms with Crippen LogP contribution in [0.4, 0.5) is 17.5 Å². The van der Waals surface area contributed by atoms with Crippen LogP contribution < -0.4 is 20.3 Å². The fourth-order valence-electron chi connectivity index (χ4n) is 5.20. The van der Waals surface area contributed by atoms with Crippen molar-refractivity contribution in [1.82, 2.24) is 29.7 Å². The summed E-state index contributed by atoms with van der Waals surface area (Å²) in [6.07, 6.45) is 10.8. The lowest BCUT2D eigenvalue weighted by Gasteiger charge is -2.34. The predicted octanol–water partition coefficient (Wildman–Crippen LogP) is 2.63. The van der Waals surface area contributed by atoms with Crippen LogP contribution in [0.15, 0.2) is 30.7 Å². The molecule has 6 rings (SSSR count). The Balaban J connectivity index is 1.33. The molecular formula is C26H31N9O3S. The van der Waals surface area contributed by atoms with Crippen LogP contribution >= 0.6 is 0 Å². The molecule has 4 aromatic rings. The number of hydrogen-bond donors (Lipinski definition) is 3. The van der Waals surface area contributed by atoms with Crippen LogP contribution in [-0.4, -0.2) is 70.1 Å². The molecule has 0 unspecified atom stereocenters. The van der Waals surface area contributed by atoms with Gasteiger partial charge in [-0.2, -0.15) is 0 Å². The molecule has 3 N–H and O–H groups in total. The minimum Gasteiger partial charge on any atom is -0.371 e. The number of aromatic nitrogens is 5. The fraction of sp³-hybridized carbons (Fsp3) is 0.423. The molecular weight excluding hydrogens is 518 g/mol. The molecule has 1 aliphatic carbocycles. The molecule has 2 fully saturated rings. The average molecular weight is 550 g/mol. The van der Waals surface area contributed by atoms with E-state index in [0.717, 1.165) is 49.3 Å². The van der Waals surface area contributed by atoms with Crippen molar-refractivity contribution in [1.29, 1.82) is 0 Å². The molecule has 13 heteroatoms. The van der Waals surface area contributed by atoms with Crippen LogP contribution in [0.25, 0.3) is 16.6 Å². The predicted molar refractivity (Wildman–Crippen MR) is 150 cm³/mol. The first-order chi connectivity index (χ1) is 18.6. The van der Waals surface area contributed by atoms with Gasteiger partial charge in [-0.05, 0) is 51.7 Å². The van der Waals surface area contributed by atoms with Gasteiger partial charge in [0.15, 0.2) is 11.5 Å². The number of nitrogens with zero attached hydrogens (tertiary/aromatic N) is 6. The van der Waals surface area contributed by atoms with Gasteiger partial charge < -0.3 is 19.9 Å². The fourth-order valence-corrected chi connectivity index (χ4v) is 5.63. The number of hydrogen-bond acceptors (Lipinski definition) is 9. The number of fused-ring (bicyclic) bond motifs is 2. The van der Waals surface area contributed by atoms with E-state index in [4.69, 9.17) is 0 Å². The van der Waals surface area contributed by atoms with Crippen molar-refractivity contribution in [3.63, 3.8) is 0 Å². The third-order valence-corrected chi connectivity index (χ3v) is 7.65. The third kappa shape index (κ3) is 5.50. The summed E-state index contributed by atoms with van der Waals surface area (Å²) in [6, 6.07) is 4.83. The molecule has 4 heterocycles. The quantitative estimate of drug-likeness (QED) is 0.317. The first kappa shape index (κ1) is 25.4. The SMILES string of the molecule is Cc1cn2cc(NC(=O)c3ccc(N4CCC(NC5CC5)CC4)c4cnc(NS(C)(=O)=O)nc34)nc2c(C)n1. The lowest BCUT2D eigenvalue weighted by atomic mass is 10.0. The van der Waals surface area contributed by atoms with E-state index < -0.39 is 15.9 Å². The number of rotatable bonds is 7. The summed E-state index contributed by atoms with van der Waals surface area (Å²) in [6.45, 7) is 5.49. The van der Waals surface area contributed by atoms with Gasteiger partial charge in [0.1, 0.15) is 0 Å². The highest BCUT2D eigenvalue weighted by Gasteiger charge is 2.28. The molecule has 0 radical (unpaired) electrons. The minimum absolute atomic E-state index is 0.0894. The molecule has 3 aromatic heterocycles. The number of anilines is 3. The van der Waals surface area contributed by atoms with Gasteiger partial charge in [0, 0.05) is 48.6 Å². The van der Waals surface area contributed by atoms with E-state index in [1.54, 1.807) is 18.5 Å². The molecule has 0 atom stereocenters. The summed E-state index contributed by atoms with van der Waals surface area (Å²) in [5.41, 5.74) is 3.82. The smallest absolute Gasteiger partial charge is 0.259 e. The number of benzene rings is 1. The van der Waals surface area contributed by atoms with E-state index in [-0.39, 0.29) is 5.95 Å². The number of imidazole rings is 1. The molecule has 1 amide bonds. The van der Waals surface area contributed by atoms with Gasteiger partial charge in [-0.25, -0.2) is 23.4 Å². The largest absolute Gasteiger partial charge is 0.371 e. The zero-order valence-corrected chi connectivity index (χ0v) is 22.9. The van der Waals surface area contributed by atoms with Crippen molar-refractivity contribution in [2.24, 2.45) is 0 Å². The maximum atomic E-state index is 13.5. The summed E-state index contributed by atoms with van der Waals surface area (Å²) < 4.78 is 27.9. The highest BCUT2D eigenvalue weighted by Crippen LogP contribution is 2.32. The van der Waals surface area contributed by atoms with Crippen LogP contribution in [0.3, 0.4) is 0 Å². The Morgan fingerprint density at radius 1 is 1.00 bits per heavy atom. The van der Waals surface area contributed by atoms with Crippen molar-refractivity contribution in [3.8, 4) is 0 Å². The molecule has 1 aliphatic heterocycles. The summed E-state index contributed by atoms with van der Waals surface area (Å²) in [7, 11) is -3.60. The zero-order chi connectivity index (χ0) is 27.3. The van der Waals surface area contributed by atoms with Crippen LogP contribution in [-0.2, 0) is 10.0 Å². The molecule has 1 saturated carbocycles. The maximum absolute atomic E-state index is 13.5. The van der Waals surface area contributed by atoms with E-state index in [0.29, 0.717) is 40.0 Å². The molecule has 204 valence electrons. The van der Waals surface area contributed by atoms with Crippen LogP contribution in [0.1, 0.15) is 47.4 Å². The number of nitrogens with one attached hydrogen (secondary N) is 3. The van der Waals surface area contributed by atoms with Crippen molar-refractivity contribution >= 4 is 49.9 Å². The minimum atomic E-state index is -3.60. The number of aryl methyl sites for hydroxylation is 2. The molecule has 2 aliphatic rings. The highest BCUT2D eigenvalue weighted by atomic mass is 32.2. The first-order valence-electron chi connectivity index (χ1n) is 13.1. The van der Waals surface area contributed by atoms with Crippen LogP contribution in [0.2, 0.25) is 0 Å². The van der Waals surface area contributed by atoms with Crippen LogP contribution in [0, 0.1) is 13.8 Å². The maximum Gasteiger partial charge on any atom is 0.259 e. The van der Waals surface area contributed by atoms with Gasteiger partial charge in [-0.3, -0.25) is 14.5 Å². The van der Waals surface area contributed by atoms with Gasteiger partial charge in [0.05, 0.1) is 34.9 Å². The topological polar surface area (TPSA) is 147 Å². The molecule has 1 aromatic carbocycles. The average Bonchev–Trinajstić information content (AvgIpc) is 3.59. The lowest BCUT2D eigenvalue weighted by molar-refractivity contribution is 0.102. The molecule has 0 bridgehead atoms. The molecule has 0 spiro atoms. The number of amides is 1. The van der Waals surface area contributed by atoms with E-state index in [2.05, 4.69) is 40.2 Å². The Morgan fingerprint density at radius 3 is 2.46 bits per heavy atom. The van der Waals surface area contributed by atoms with Gasteiger partial charge in [0.2, 0.25) is 16.0 Å². The highest BCUT2D eigenvalue weighted by molar-refractivity contribution is 7.91. The van der Waals surface area contributed by atoms with Gasteiger partial charge >= 0.3 is 0 Å². The van der Waals surface area contributed by atoms with E-state index in [1.807, 2.05) is 30.5 Å². The monoisotopic (exact) mass is 549 g/mol. The second kappa shape index (κ2) is 9.72. The Labute approximate surface area is 226 Å². The van der Waals surface area contributed by atoms with Crippen molar-refractivity contribution < 1.29 is 13.2 Å². The number of carbonyl (C=O) groups excluding carboxylic acids is 1. The zero-order valence-electron chi connectivity index (χ0n) is 22.1. The summed E-state index contributed by atoms with van der Waals surface area (Å²) in [5, 5.41) is 7.26. The summed E-state index contributed by atoms with van der Waals surface area (Å²) in [5.74, 6) is -0.122. The van der Waals surface area contributed by atoms with Crippen molar-refractivity contribution in [3.05, 3.63) is 47.7 Å². The number of carbonyl (C=O) groups is 1. The van der Waals surface area contributed by atoms with Crippen molar-refractivity contribution in [2.75, 3.05) is 34.3 Å². The van der Waals surface area contributed by atoms with E-state index >= 15 is 0 Å².